The predicted octanol–water partition coefficient (Wildman–Crippen LogP) is 4.43. The summed E-state index contributed by atoms with van der Waals surface area (Å²) >= 11 is 6.14. The molecule has 0 radical (unpaired) electrons. The van der Waals surface area contributed by atoms with Crippen LogP contribution in [-0.2, 0) is 6.42 Å². The van der Waals surface area contributed by atoms with Gasteiger partial charge in [0, 0.05) is 17.3 Å². The van der Waals surface area contributed by atoms with Gasteiger partial charge in [0.1, 0.15) is 17.1 Å². The van der Waals surface area contributed by atoms with Crippen LogP contribution in [0.5, 0.6) is 5.75 Å². The van der Waals surface area contributed by atoms with Gasteiger partial charge in [-0.25, -0.2) is 4.98 Å². The quantitative estimate of drug-likeness (QED) is 0.751. The van der Waals surface area contributed by atoms with E-state index in [1.165, 1.54) is 0 Å². The second-order valence-corrected chi connectivity index (χ2v) is 6.31. The third-order valence-electron chi connectivity index (χ3n) is 4.20. The Bertz CT molecular complexity index is 963. The number of ether oxygens (including phenoxy) is 1. The molecule has 0 unspecified atom stereocenters. The lowest BCUT2D eigenvalue weighted by molar-refractivity contribution is 0.102. The second kappa shape index (κ2) is 6.76. The van der Waals surface area contributed by atoms with Crippen LogP contribution in [0, 0.1) is 13.8 Å². The number of pyridine rings is 1. The number of nitrogens with one attached hydrogen (secondary N) is 1. The number of carbonyl (C=O) groups excluding carboxylic acids is 1. The van der Waals surface area contributed by atoms with Crippen molar-refractivity contribution in [2.45, 2.75) is 27.2 Å². The van der Waals surface area contributed by atoms with Gasteiger partial charge >= 0.3 is 0 Å². The Hall–Kier alpha value is -2.53. The molecule has 2 heterocycles. The van der Waals surface area contributed by atoms with E-state index in [2.05, 4.69) is 10.3 Å². The van der Waals surface area contributed by atoms with Crippen molar-refractivity contribution in [2.75, 3.05) is 12.4 Å². The fourth-order valence-corrected chi connectivity index (χ4v) is 3.00. The molecule has 0 aliphatic carbocycles. The van der Waals surface area contributed by atoms with Crippen molar-refractivity contribution >= 4 is 28.8 Å². The highest BCUT2D eigenvalue weighted by Crippen LogP contribution is 2.31. The van der Waals surface area contributed by atoms with Crippen LogP contribution in [-0.4, -0.2) is 22.4 Å². The zero-order valence-corrected chi connectivity index (χ0v) is 15.4. The van der Waals surface area contributed by atoms with Crippen LogP contribution in [0.2, 0.25) is 5.02 Å². The number of rotatable bonds is 4. The summed E-state index contributed by atoms with van der Waals surface area (Å²) in [5.41, 5.74) is 4.56. The number of benzene rings is 1. The van der Waals surface area contributed by atoms with E-state index in [9.17, 15) is 4.79 Å². The first-order valence-corrected chi connectivity index (χ1v) is 8.46. The monoisotopic (exact) mass is 357 g/mol. The van der Waals surface area contributed by atoms with E-state index in [0.717, 1.165) is 22.5 Å². The topological polar surface area (TPSA) is 55.6 Å². The number of halogens is 1. The molecule has 5 nitrogen and oxygen atoms in total. The van der Waals surface area contributed by atoms with Gasteiger partial charge < -0.3 is 10.1 Å². The Kier molecular flexibility index (Phi) is 4.68. The molecule has 3 aromatic rings. The maximum atomic E-state index is 13.0. The van der Waals surface area contributed by atoms with Crippen molar-refractivity contribution in [3.63, 3.8) is 0 Å². The Balaban J connectivity index is 2.07. The highest BCUT2D eigenvalue weighted by molar-refractivity contribution is 6.31. The maximum absolute atomic E-state index is 13.0. The number of amides is 1. The number of aromatic nitrogens is 2. The van der Waals surface area contributed by atoms with Gasteiger partial charge in [0.25, 0.3) is 5.91 Å². The molecule has 0 bridgehead atoms. The number of carbonyl (C=O) groups is 1. The van der Waals surface area contributed by atoms with E-state index < -0.39 is 0 Å². The van der Waals surface area contributed by atoms with Gasteiger partial charge in [-0.3, -0.25) is 9.20 Å². The molecule has 0 spiro atoms. The Morgan fingerprint density at radius 3 is 2.76 bits per heavy atom. The largest absolute Gasteiger partial charge is 0.495 e. The van der Waals surface area contributed by atoms with E-state index in [0.29, 0.717) is 28.6 Å². The van der Waals surface area contributed by atoms with Crippen molar-refractivity contribution < 1.29 is 9.53 Å². The molecule has 130 valence electrons. The van der Waals surface area contributed by atoms with Crippen molar-refractivity contribution in [3.05, 3.63) is 58.0 Å². The molecule has 0 fully saturated rings. The summed E-state index contributed by atoms with van der Waals surface area (Å²) in [6.07, 6.45) is 2.52. The fraction of sp³-hybridized carbons (Fsp3) is 0.263. The summed E-state index contributed by atoms with van der Waals surface area (Å²) in [5, 5.41) is 3.53. The standard InChI is InChI=1S/C19H20ClN3O2/c1-5-14-17(23-8-6-7-11(2)18(23)21-14)19(24)22-15-9-12(3)13(20)10-16(15)25-4/h6-10H,5H2,1-4H3,(H,22,24). The van der Waals surface area contributed by atoms with E-state index >= 15 is 0 Å². The molecular weight excluding hydrogens is 338 g/mol. The second-order valence-electron chi connectivity index (χ2n) is 5.90. The molecule has 0 atom stereocenters. The van der Waals surface area contributed by atoms with Gasteiger partial charge in [0.05, 0.1) is 18.5 Å². The highest BCUT2D eigenvalue weighted by Gasteiger charge is 2.20. The average Bonchev–Trinajstić information content (AvgIpc) is 2.98. The number of hydrogen-bond donors (Lipinski definition) is 1. The molecule has 0 aliphatic heterocycles. The Morgan fingerprint density at radius 1 is 1.32 bits per heavy atom. The SMILES string of the molecule is CCc1nc2c(C)cccn2c1C(=O)Nc1cc(C)c(Cl)cc1OC. The first kappa shape index (κ1) is 17.3. The summed E-state index contributed by atoms with van der Waals surface area (Å²) < 4.78 is 7.17. The lowest BCUT2D eigenvalue weighted by Crippen LogP contribution is -2.17. The molecule has 2 aromatic heterocycles. The smallest absolute Gasteiger partial charge is 0.274 e. The third kappa shape index (κ3) is 3.07. The number of methoxy groups -OCH3 is 1. The lowest BCUT2D eigenvalue weighted by atomic mass is 10.2. The van der Waals surface area contributed by atoms with Gasteiger partial charge in [-0.2, -0.15) is 0 Å². The summed E-state index contributed by atoms with van der Waals surface area (Å²) in [6.45, 7) is 5.85. The zero-order chi connectivity index (χ0) is 18.1. The summed E-state index contributed by atoms with van der Waals surface area (Å²) in [6, 6.07) is 7.40. The first-order valence-electron chi connectivity index (χ1n) is 8.08. The third-order valence-corrected chi connectivity index (χ3v) is 4.60. The molecule has 6 heteroatoms. The van der Waals surface area contributed by atoms with Crippen molar-refractivity contribution in [1.82, 2.24) is 9.38 Å². The lowest BCUT2D eigenvalue weighted by Gasteiger charge is -2.13. The minimum absolute atomic E-state index is 0.227. The zero-order valence-electron chi connectivity index (χ0n) is 14.7. The molecule has 3 rings (SSSR count). The maximum Gasteiger partial charge on any atom is 0.274 e. The number of fused-ring (bicyclic) bond motifs is 1. The van der Waals surface area contributed by atoms with E-state index in [1.807, 2.05) is 43.5 Å². The minimum atomic E-state index is -0.227. The van der Waals surface area contributed by atoms with Gasteiger partial charge in [0.15, 0.2) is 0 Å². The first-order chi connectivity index (χ1) is 12.0. The number of imidazole rings is 1. The van der Waals surface area contributed by atoms with Crippen LogP contribution in [0.15, 0.2) is 30.5 Å². The molecule has 0 aliphatic rings. The van der Waals surface area contributed by atoms with Crippen LogP contribution >= 0.6 is 11.6 Å². The number of anilines is 1. The van der Waals surface area contributed by atoms with E-state index in [1.54, 1.807) is 19.2 Å². The van der Waals surface area contributed by atoms with Crippen molar-refractivity contribution in [1.29, 1.82) is 0 Å². The van der Waals surface area contributed by atoms with Gasteiger partial charge in [0.2, 0.25) is 0 Å². The molecule has 25 heavy (non-hydrogen) atoms. The van der Waals surface area contributed by atoms with Crippen molar-refractivity contribution in [2.24, 2.45) is 0 Å². The fourth-order valence-electron chi connectivity index (χ4n) is 2.85. The minimum Gasteiger partial charge on any atom is -0.495 e. The van der Waals surface area contributed by atoms with Gasteiger partial charge in [-0.15, -0.1) is 0 Å². The van der Waals surface area contributed by atoms with Crippen molar-refractivity contribution in [3.8, 4) is 5.75 Å². The van der Waals surface area contributed by atoms with Crippen LogP contribution in [0.1, 0.15) is 34.2 Å². The number of hydrogen-bond acceptors (Lipinski definition) is 3. The van der Waals surface area contributed by atoms with Crippen LogP contribution in [0.4, 0.5) is 5.69 Å². The summed E-state index contributed by atoms with van der Waals surface area (Å²) in [4.78, 5) is 17.6. The molecular formula is C19H20ClN3O2. The van der Waals surface area contributed by atoms with Crippen LogP contribution in [0.3, 0.4) is 0 Å². The summed E-state index contributed by atoms with van der Waals surface area (Å²) in [5.74, 6) is 0.293. The average molecular weight is 358 g/mol. The Labute approximate surface area is 151 Å². The van der Waals surface area contributed by atoms with E-state index in [-0.39, 0.29) is 5.91 Å². The molecule has 1 amide bonds. The predicted molar refractivity (Wildman–Crippen MR) is 100 cm³/mol. The van der Waals surface area contributed by atoms with E-state index in [4.69, 9.17) is 16.3 Å². The molecule has 1 aromatic carbocycles. The highest BCUT2D eigenvalue weighted by atomic mass is 35.5. The van der Waals surface area contributed by atoms with Crippen LogP contribution in [0.25, 0.3) is 5.65 Å². The number of aryl methyl sites for hydroxylation is 3. The number of nitrogens with zero attached hydrogens (tertiary/aromatic N) is 2. The molecule has 1 N–H and O–H groups in total. The van der Waals surface area contributed by atoms with Crippen LogP contribution < -0.4 is 10.1 Å². The normalized spacial score (nSPS) is 10.9. The van der Waals surface area contributed by atoms with Gasteiger partial charge in [-0.1, -0.05) is 24.6 Å². The Morgan fingerprint density at radius 2 is 2.08 bits per heavy atom. The molecule has 0 saturated carbocycles. The molecule has 0 saturated heterocycles. The summed E-state index contributed by atoms with van der Waals surface area (Å²) in [7, 11) is 1.55. The van der Waals surface area contributed by atoms with Gasteiger partial charge in [-0.05, 0) is 43.5 Å².